The molecule has 0 saturated carbocycles. The minimum Gasteiger partial charge on any atom is -0.497 e. The summed E-state index contributed by atoms with van der Waals surface area (Å²) in [5, 5.41) is 21.1. The molecule has 3 heterocycles. The highest BCUT2D eigenvalue weighted by molar-refractivity contribution is 6.91. The van der Waals surface area contributed by atoms with Crippen molar-refractivity contribution in [2.75, 3.05) is 25.2 Å². The lowest BCUT2D eigenvalue weighted by atomic mass is 9.82. The summed E-state index contributed by atoms with van der Waals surface area (Å²) in [6.07, 6.45) is 8.66. The molecule has 280 valence electrons. The van der Waals surface area contributed by atoms with Gasteiger partial charge in [-0.05, 0) is 81.5 Å². The Morgan fingerprint density at radius 3 is 2.49 bits per heavy atom. The molecule has 1 N–H and O–H groups in total. The number of halogens is 1. The Morgan fingerprint density at radius 2 is 1.81 bits per heavy atom. The topological polar surface area (TPSA) is 89.7 Å². The van der Waals surface area contributed by atoms with Gasteiger partial charge >= 0.3 is 0 Å². The fraction of sp³-hybridized carbons (Fsp3) is 0.419. The van der Waals surface area contributed by atoms with E-state index in [0.717, 1.165) is 41.1 Å². The van der Waals surface area contributed by atoms with Crippen molar-refractivity contribution in [2.24, 2.45) is 5.92 Å². The average molecular weight is 753 g/mol. The van der Waals surface area contributed by atoms with E-state index in [2.05, 4.69) is 75.4 Å². The van der Waals surface area contributed by atoms with Gasteiger partial charge in [0, 0.05) is 35.8 Å². The molecule has 1 unspecified atom stereocenters. The van der Waals surface area contributed by atoms with Crippen LogP contribution in [0.15, 0.2) is 102 Å². The number of aryl methyl sites for hydroxylation is 1. The maximum absolute atomic E-state index is 15.0. The number of ether oxygens (including phenoxy) is 2. The molecule has 0 radical (unpaired) electrons. The summed E-state index contributed by atoms with van der Waals surface area (Å²) < 4.78 is 14.7. The molecule has 1 saturated heterocycles. The molecular formula is C43H53ClN4O4Si. The zero-order valence-electron chi connectivity index (χ0n) is 32.1. The Bertz CT molecular complexity index is 1960. The maximum Gasteiger partial charge on any atom is 0.264 e. The van der Waals surface area contributed by atoms with Gasteiger partial charge in [0.25, 0.3) is 5.91 Å². The Labute approximate surface area is 320 Å². The number of aliphatic hydroxyl groups is 1. The van der Waals surface area contributed by atoms with E-state index in [1.807, 2.05) is 76.4 Å². The molecule has 1 amide bonds. The van der Waals surface area contributed by atoms with Crippen LogP contribution >= 0.6 is 11.6 Å². The summed E-state index contributed by atoms with van der Waals surface area (Å²) >= 11 is 6.71. The van der Waals surface area contributed by atoms with E-state index in [9.17, 15) is 5.11 Å². The van der Waals surface area contributed by atoms with Crippen LogP contribution in [-0.2, 0) is 21.7 Å². The second kappa shape index (κ2) is 16.1. The number of amides is 1. The van der Waals surface area contributed by atoms with Gasteiger partial charge in [-0.2, -0.15) is 0 Å². The number of nitrogens with zero attached hydrogens (tertiary/aromatic N) is 4. The van der Waals surface area contributed by atoms with Crippen molar-refractivity contribution in [2.45, 2.75) is 89.8 Å². The van der Waals surface area contributed by atoms with Crippen LogP contribution in [0.5, 0.6) is 5.75 Å². The van der Waals surface area contributed by atoms with Crippen molar-refractivity contribution < 1.29 is 19.4 Å². The Kier molecular flexibility index (Phi) is 11.8. The van der Waals surface area contributed by atoms with Crippen LogP contribution in [0.4, 0.5) is 5.69 Å². The van der Waals surface area contributed by atoms with Gasteiger partial charge in [0.15, 0.2) is 5.60 Å². The number of rotatable bonds is 14. The highest BCUT2D eigenvalue weighted by Crippen LogP contribution is 2.60. The van der Waals surface area contributed by atoms with Crippen LogP contribution in [0, 0.1) is 5.92 Å². The van der Waals surface area contributed by atoms with Crippen molar-refractivity contribution in [3.63, 3.8) is 0 Å². The Balaban J connectivity index is 1.35. The summed E-state index contributed by atoms with van der Waals surface area (Å²) in [7, 11) is -0.647. The summed E-state index contributed by atoms with van der Waals surface area (Å²) in [6.45, 7) is 14.3. The minimum atomic E-state index is -2.33. The second-order valence-corrected chi connectivity index (χ2v) is 20.6. The molecule has 0 aliphatic carbocycles. The highest BCUT2D eigenvalue weighted by atomic mass is 35.5. The number of carbonyl (C=O) groups is 1. The van der Waals surface area contributed by atoms with Crippen LogP contribution in [0.2, 0.25) is 23.7 Å². The van der Waals surface area contributed by atoms with E-state index in [0.29, 0.717) is 24.5 Å². The molecule has 8 nitrogen and oxygen atoms in total. The van der Waals surface area contributed by atoms with Crippen LogP contribution < -0.4 is 14.8 Å². The predicted octanol–water partition coefficient (Wildman–Crippen LogP) is 8.41. The fourth-order valence-electron chi connectivity index (χ4n) is 8.57. The zero-order chi connectivity index (χ0) is 37.9. The number of carbonyl (C=O) groups excluding carboxylic acids is 1. The van der Waals surface area contributed by atoms with Crippen molar-refractivity contribution in [1.29, 1.82) is 0 Å². The Morgan fingerprint density at radius 1 is 1.08 bits per heavy atom. The molecule has 10 heteroatoms. The van der Waals surface area contributed by atoms with E-state index in [4.69, 9.17) is 21.1 Å². The molecule has 1 aromatic heterocycles. The molecule has 1 spiro atoms. The third-order valence-corrected chi connectivity index (χ3v) is 16.0. The smallest absolute Gasteiger partial charge is 0.264 e. The van der Waals surface area contributed by atoms with E-state index in [1.54, 1.807) is 7.11 Å². The lowest BCUT2D eigenvalue weighted by molar-refractivity contribution is -0.145. The van der Waals surface area contributed by atoms with E-state index in [-0.39, 0.29) is 36.0 Å². The SMILES string of the molecule is COc1ccc([Si](C)(C)[C@@H]2[C@@H](CCn3cc(C(CO)c4ccccc4)nn3)O[C@]3(C(=O)N(C/C=C(\C)CCC=C(C)C)c4ccc(Cl)cc43)[C@H]2C)cc1. The van der Waals surface area contributed by atoms with E-state index >= 15 is 4.79 Å². The molecule has 3 aromatic carbocycles. The first kappa shape index (κ1) is 38.7. The predicted molar refractivity (Wildman–Crippen MR) is 216 cm³/mol. The number of benzene rings is 3. The number of methoxy groups -OCH3 is 1. The van der Waals surface area contributed by atoms with Crippen LogP contribution in [0.25, 0.3) is 0 Å². The van der Waals surface area contributed by atoms with Gasteiger partial charge in [0.1, 0.15) is 5.75 Å². The number of anilines is 1. The fourth-order valence-corrected chi connectivity index (χ4v) is 12.8. The zero-order valence-corrected chi connectivity index (χ0v) is 33.8. The van der Waals surface area contributed by atoms with Gasteiger partial charge in [-0.1, -0.05) is 108 Å². The van der Waals surface area contributed by atoms with E-state index in [1.165, 1.54) is 16.3 Å². The first-order chi connectivity index (χ1) is 25.4. The first-order valence-corrected chi connectivity index (χ1v) is 22.1. The lowest BCUT2D eigenvalue weighted by Gasteiger charge is -2.37. The van der Waals surface area contributed by atoms with Crippen molar-refractivity contribution in [1.82, 2.24) is 15.0 Å². The summed E-state index contributed by atoms with van der Waals surface area (Å²) in [5.41, 5.74) is 4.87. The van der Waals surface area contributed by atoms with Gasteiger partial charge in [0.05, 0.1) is 45.2 Å². The van der Waals surface area contributed by atoms with Crippen LogP contribution in [-0.4, -0.2) is 60.4 Å². The number of aromatic nitrogens is 3. The monoisotopic (exact) mass is 752 g/mol. The van der Waals surface area contributed by atoms with Crippen LogP contribution in [0.3, 0.4) is 0 Å². The number of hydrogen-bond acceptors (Lipinski definition) is 6. The molecule has 2 aliphatic rings. The summed E-state index contributed by atoms with van der Waals surface area (Å²) in [4.78, 5) is 16.9. The number of aliphatic hydroxyl groups excluding tert-OH is 1. The summed E-state index contributed by atoms with van der Waals surface area (Å²) in [6, 6.07) is 24.1. The second-order valence-electron chi connectivity index (χ2n) is 15.4. The highest BCUT2D eigenvalue weighted by Gasteiger charge is 2.66. The van der Waals surface area contributed by atoms with E-state index < -0.39 is 13.7 Å². The largest absolute Gasteiger partial charge is 0.497 e. The van der Waals surface area contributed by atoms with Crippen molar-refractivity contribution in [3.8, 4) is 5.75 Å². The molecule has 5 atom stereocenters. The number of fused-ring (bicyclic) bond motifs is 2. The van der Waals surface area contributed by atoms with Crippen LogP contribution in [0.1, 0.15) is 69.7 Å². The standard InChI is InChI=1S/C43H53ClN4O4Si/c1-29(2)12-11-13-30(3)22-25-48-39-21-16-33(44)26-37(39)43(42(48)50)31(4)41(53(6,7)35-19-17-34(51-5)18-20-35)40(52-43)23-24-47-27-38(45-46-47)36(28-49)32-14-9-8-10-15-32/h8-10,12,14-22,26-27,31,36,40-41,49H,11,13,23-25,28H2,1-7H3/b30-22+/t31-,36?,40+,41-,43+/m0/s1. The Hall–Kier alpha value is -4.02. The average Bonchev–Trinajstić information content (AvgIpc) is 3.80. The molecule has 1 fully saturated rings. The molecule has 6 rings (SSSR count). The normalized spacial score (nSPS) is 22.0. The molecule has 53 heavy (non-hydrogen) atoms. The third kappa shape index (κ3) is 7.67. The van der Waals surface area contributed by atoms with Gasteiger partial charge in [-0.3, -0.25) is 9.48 Å². The van der Waals surface area contributed by atoms with Gasteiger partial charge < -0.3 is 19.5 Å². The van der Waals surface area contributed by atoms with Gasteiger partial charge in [0.2, 0.25) is 0 Å². The van der Waals surface area contributed by atoms with Crippen molar-refractivity contribution >= 4 is 36.5 Å². The maximum atomic E-state index is 15.0. The molecule has 4 aromatic rings. The molecule has 0 bridgehead atoms. The van der Waals surface area contributed by atoms with Gasteiger partial charge in [-0.25, -0.2) is 0 Å². The van der Waals surface area contributed by atoms with Gasteiger partial charge in [-0.15, -0.1) is 5.10 Å². The molecule has 2 aliphatic heterocycles. The quantitative estimate of drug-likeness (QED) is 0.103. The number of hydrogen-bond donors (Lipinski definition) is 1. The minimum absolute atomic E-state index is 0.0284. The number of allylic oxidation sites excluding steroid dienone is 3. The first-order valence-electron chi connectivity index (χ1n) is 18.7. The summed E-state index contributed by atoms with van der Waals surface area (Å²) in [5.74, 6) is 0.380. The third-order valence-electron chi connectivity index (χ3n) is 11.5. The van der Waals surface area contributed by atoms with Crippen molar-refractivity contribution in [3.05, 3.63) is 124 Å². The molecular weight excluding hydrogens is 700 g/mol. The lowest BCUT2D eigenvalue weighted by Crippen LogP contribution is -2.52.